The van der Waals surface area contributed by atoms with Crippen molar-refractivity contribution in [3.63, 3.8) is 0 Å². The number of hydrogen-bond donors (Lipinski definition) is 8. The van der Waals surface area contributed by atoms with Crippen LogP contribution < -0.4 is 10.6 Å². The lowest BCUT2D eigenvalue weighted by Gasteiger charge is -2.46. The van der Waals surface area contributed by atoms with Crippen LogP contribution in [0.15, 0.2) is 5.11 Å². The van der Waals surface area contributed by atoms with Gasteiger partial charge in [0.1, 0.15) is 18.3 Å². The van der Waals surface area contributed by atoms with Crippen molar-refractivity contribution in [3.05, 3.63) is 10.4 Å². The molecule has 2 aliphatic heterocycles. The Morgan fingerprint density at radius 2 is 1.91 bits per heavy atom. The average molecular weight is 652 g/mol. The zero-order valence-corrected chi connectivity index (χ0v) is 25.5. The fraction of sp³-hybridized carbons (Fsp3) is 0.885. The van der Waals surface area contributed by atoms with Gasteiger partial charge in [0.25, 0.3) is 0 Å². The molecular formula is C26H45N5O12S. The molecule has 17 nitrogen and oxygen atoms in total. The average Bonchev–Trinajstić information content (AvgIpc) is 2.99. The number of rotatable bonds is 19. The minimum Gasteiger partial charge on any atom is -0.394 e. The molecule has 2 rings (SSSR count). The predicted octanol–water partition coefficient (Wildman–Crippen LogP) is -1.79. The monoisotopic (exact) mass is 651 g/mol. The molecule has 3 unspecified atom stereocenters. The zero-order chi connectivity index (χ0) is 32.7. The number of aliphatic hydroxyl groups excluding tert-OH is 6. The van der Waals surface area contributed by atoms with Crippen molar-refractivity contribution in [2.45, 2.75) is 112 Å². The first-order chi connectivity index (χ1) is 21.0. The number of nitrogens with zero attached hydrogens (tertiary/aromatic N) is 3. The van der Waals surface area contributed by atoms with E-state index in [0.717, 1.165) is 18.2 Å². The number of nitrogens with one attached hydrogen (secondary N) is 2. The molecule has 0 aromatic carbocycles. The highest BCUT2D eigenvalue weighted by molar-refractivity contribution is 8.01. The van der Waals surface area contributed by atoms with Gasteiger partial charge in [-0.05, 0) is 24.8 Å². The third kappa shape index (κ3) is 12.0. The van der Waals surface area contributed by atoms with E-state index in [2.05, 4.69) is 20.7 Å². The first-order valence-electron chi connectivity index (χ1n) is 14.6. The summed E-state index contributed by atoms with van der Waals surface area (Å²) in [5.41, 5.74) is 8.24. The number of unbranched alkanes of at least 4 members (excludes halogenated alkanes) is 2. The molecule has 0 radical (unpaired) electrons. The Hall–Kier alpha value is -2.09. The van der Waals surface area contributed by atoms with E-state index in [-0.39, 0.29) is 37.7 Å². The van der Waals surface area contributed by atoms with E-state index in [1.807, 2.05) is 0 Å². The molecule has 2 saturated heterocycles. The third-order valence-electron chi connectivity index (χ3n) is 7.24. The molecule has 2 amide bonds. The first kappa shape index (κ1) is 38.1. The summed E-state index contributed by atoms with van der Waals surface area (Å²) in [5, 5.41) is 70.1. The molecule has 0 spiro atoms. The molecular weight excluding hydrogens is 606 g/mol. The highest BCUT2D eigenvalue weighted by Gasteiger charge is 2.50. The Bertz CT molecular complexity index is 962. The zero-order valence-electron chi connectivity index (χ0n) is 24.6. The topological polar surface area (TPSA) is 273 Å². The molecule has 0 saturated carbocycles. The number of ether oxygens (including phenoxy) is 3. The van der Waals surface area contributed by atoms with Gasteiger partial charge in [0.05, 0.1) is 43.7 Å². The standard InChI is InChI=1S/C26H45N5O12S/c1-15(34)30-21-17(36)11-26(14-33,43-18(21)10-16(35)12-32)44-13-19-22(38)23(39)24(40)25(42-19)41-9-5-7-28-20(37)6-3-2-4-8-29-31-27/h14,16-19,21-25,32,35-36,38-40H,2-13H2,1H3,(H,28,37)(H,30,34)/t16-,17+,18?,19?,21+,22-,23?,24-,25+,26-/m0/s1. The normalized spacial score (nSPS) is 32.7. The van der Waals surface area contributed by atoms with Crippen LogP contribution >= 0.6 is 11.8 Å². The molecule has 0 aromatic heterocycles. The molecule has 44 heavy (non-hydrogen) atoms. The van der Waals surface area contributed by atoms with Gasteiger partial charge in [-0.1, -0.05) is 11.5 Å². The molecule has 0 aromatic rings. The fourth-order valence-electron chi connectivity index (χ4n) is 4.90. The maximum Gasteiger partial charge on any atom is 0.219 e. The fourth-order valence-corrected chi connectivity index (χ4v) is 6.17. The number of azide groups is 1. The lowest BCUT2D eigenvalue weighted by Crippen LogP contribution is -2.62. The summed E-state index contributed by atoms with van der Waals surface area (Å²) in [6.07, 6.45) is -7.98. The SMILES string of the molecule is CC(=O)N[C@H]1C(C[C@H](O)CO)O[C@](C=O)(SCC2O[C@@H](OCCCNC(=O)CCCCCN=[N+]=[N-])[C@@H](O)C(O)[C@H]2O)C[C@H]1O. The van der Waals surface area contributed by atoms with Gasteiger partial charge >= 0.3 is 0 Å². The van der Waals surface area contributed by atoms with Crippen LogP contribution in [-0.2, 0) is 28.6 Å². The van der Waals surface area contributed by atoms with Gasteiger partial charge in [0.15, 0.2) is 17.5 Å². The van der Waals surface area contributed by atoms with Crippen LogP contribution in [0.2, 0.25) is 0 Å². The second-order valence-electron chi connectivity index (χ2n) is 10.8. The molecule has 252 valence electrons. The maximum atomic E-state index is 12.2. The highest BCUT2D eigenvalue weighted by Crippen LogP contribution is 2.40. The minimum atomic E-state index is -1.68. The summed E-state index contributed by atoms with van der Waals surface area (Å²) in [5.74, 6) is -0.758. The molecule has 10 atom stereocenters. The molecule has 0 bridgehead atoms. The molecule has 0 aliphatic carbocycles. The molecule has 2 heterocycles. The molecule has 8 N–H and O–H groups in total. The number of carbonyl (C=O) groups excluding carboxylic acids is 3. The van der Waals surface area contributed by atoms with Gasteiger partial charge in [0.2, 0.25) is 11.8 Å². The van der Waals surface area contributed by atoms with E-state index in [9.17, 15) is 45.0 Å². The first-order valence-corrected chi connectivity index (χ1v) is 15.6. The maximum absolute atomic E-state index is 12.2. The van der Waals surface area contributed by atoms with Crippen molar-refractivity contribution in [1.29, 1.82) is 0 Å². The third-order valence-corrected chi connectivity index (χ3v) is 8.58. The van der Waals surface area contributed by atoms with E-state index in [4.69, 9.17) is 19.7 Å². The van der Waals surface area contributed by atoms with E-state index in [1.54, 1.807) is 0 Å². The van der Waals surface area contributed by atoms with Crippen molar-refractivity contribution in [2.24, 2.45) is 5.11 Å². The molecule has 18 heteroatoms. The Kier molecular flexibility index (Phi) is 16.8. The quantitative estimate of drug-likeness (QED) is 0.0252. The van der Waals surface area contributed by atoms with E-state index in [1.165, 1.54) is 6.92 Å². The van der Waals surface area contributed by atoms with Crippen molar-refractivity contribution >= 4 is 29.9 Å². The van der Waals surface area contributed by atoms with E-state index < -0.39 is 72.5 Å². The minimum absolute atomic E-state index is 0.0455. The largest absolute Gasteiger partial charge is 0.394 e. The van der Waals surface area contributed by atoms with Crippen LogP contribution in [0.3, 0.4) is 0 Å². The van der Waals surface area contributed by atoms with Crippen molar-refractivity contribution in [1.82, 2.24) is 10.6 Å². The van der Waals surface area contributed by atoms with Gasteiger partial charge in [-0.2, -0.15) is 0 Å². The number of aliphatic hydroxyl groups is 6. The van der Waals surface area contributed by atoms with Crippen LogP contribution in [-0.4, -0.2) is 141 Å². The van der Waals surface area contributed by atoms with Crippen molar-refractivity contribution in [2.75, 3.05) is 32.1 Å². The Morgan fingerprint density at radius 1 is 1.16 bits per heavy atom. The van der Waals surface area contributed by atoms with Crippen molar-refractivity contribution < 1.29 is 59.2 Å². The van der Waals surface area contributed by atoms with Crippen molar-refractivity contribution in [3.8, 4) is 0 Å². The second-order valence-corrected chi connectivity index (χ2v) is 12.1. The number of amides is 2. The molecule has 2 aliphatic rings. The summed E-state index contributed by atoms with van der Waals surface area (Å²) >= 11 is 0.862. The number of carbonyl (C=O) groups is 3. The van der Waals surface area contributed by atoms with Crippen LogP contribution in [0.4, 0.5) is 0 Å². The summed E-state index contributed by atoms with van der Waals surface area (Å²) in [4.78, 5) is 36.8. The summed E-state index contributed by atoms with van der Waals surface area (Å²) in [6, 6.07) is -0.964. The Labute approximate surface area is 259 Å². The Morgan fingerprint density at radius 3 is 2.57 bits per heavy atom. The summed E-state index contributed by atoms with van der Waals surface area (Å²) in [6.45, 7) is 1.35. The van der Waals surface area contributed by atoms with Gasteiger partial charge in [0, 0.05) is 49.9 Å². The summed E-state index contributed by atoms with van der Waals surface area (Å²) < 4.78 is 17.2. The van der Waals surface area contributed by atoms with Gasteiger partial charge in [-0.15, -0.1) is 11.8 Å². The second kappa shape index (κ2) is 19.4. The van der Waals surface area contributed by atoms with Crippen LogP contribution in [0.5, 0.6) is 0 Å². The highest BCUT2D eigenvalue weighted by atomic mass is 32.2. The van der Waals surface area contributed by atoms with E-state index in [0.29, 0.717) is 38.5 Å². The molecule has 2 fully saturated rings. The lowest BCUT2D eigenvalue weighted by molar-refractivity contribution is -0.292. The van der Waals surface area contributed by atoms with Gasteiger partial charge < -0.3 is 55.5 Å². The van der Waals surface area contributed by atoms with Crippen LogP contribution in [0, 0.1) is 0 Å². The Balaban J connectivity index is 1.89. The van der Waals surface area contributed by atoms with Gasteiger partial charge in [-0.25, -0.2) is 0 Å². The van der Waals surface area contributed by atoms with E-state index >= 15 is 0 Å². The number of thioether (sulfide) groups is 1. The lowest BCUT2D eigenvalue weighted by atomic mass is 9.92. The van der Waals surface area contributed by atoms with Crippen LogP contribution in [0.1, 0.15) is 51.9 Å². The number of hydrogen-bond acceptors (Lipinski definition) is 14. The number of aldehydes is 1. The smallest absolute Gasteiger partial charge is 0.219 e. The summed E-state index contributed by atoms with van der Waals surface area (Å²) in [7, 11) is 0. The van der Waals surface area contributed by atoms with Gasteiger partial charge in [-0.3, -0.25) is 14.4 Å². The predicted molar refractivity (Wildman–Crippen MR) is 155 cm³/mol. The van der Waals surface area contributed by atoms with Crippen LogP contribution in [0.25, 0.3) is 10.4 Å².